The first-order valence-electron chi connectivity index (χ1n) is 13.2. The van der Waals surface area contributed by atoms with Gasteiger partial charge in [0.15, 0.2) is 0 Å². The highest BCUT2D eigenvalue weighted by atomic mass is 17.1. The Morgan fingerprint density at radius 3 is 1.41 bits per heavy atom. The Hall–Kier alpha value is -3.68. The summed E-state index contributed by atoms with van der Waals surface area (Å²) in [4.78, 5) is 8.74. The molecule has 0 saturated carbocycles. The Morgan fingerprint density at radius 1 is 0.615 bits per heavy atom. The summed E-state index contributed by atoms with van der Waals surface area (Å²) in [5, 5.41) is 17.8. The van der Waals surface area contributed by atoms with Gasteiger partial charge in [-0.15, -0.1) is 0 Å². The minimum absolute atomic E-state index is 0.244. The topological polar surface area (TPSA) is 77.4 Å². The van der Waals surface area contributed by atoms with Gasteiger partial charge in [-0.1, -0.05) is 72.8 Å². The number of aryl methyl sites for hydroxylation is 2. The predicted octanol–water partition coefficient (Wildman–Crippen LogP) is 7.18. The highest BCUT2D eigenvalue weighted by molar-refractivity contribution is 5.86. The van der Waals surface area contributed by atoms with E-state index in [4.69, 9.17) is 20.0 Å². The van der Waals surface area contributed by atoms with E-state index in [1.54, 1.807) is 13.8 Å². The van der Waals surface area contributed by atoms with E-state index in [9.17, 15) is 0 Å². The van der Waals surface area contributed by atoms with Gasteiger partial charge < -0.3 is 9.47 Å². The standard InChI is InChI=1S/C33H34O6/c1-21-17-25(13-15-31(21)36-19-23(3)38-34)33(26-14-16-32(22(2)18-26)37-20-24(4)39-35)29-11-7-5-9-27(29)28-10-6-8-12-30(28)33/h5-18,23-24,34-35H,19-20H2,1-4H3. The highest BCUT2D eigenvalue weighted by Crippen LogP contribution is 2.56. The molecule has 0 radical (unpaired) electrons. The van der Waals surface area contributed by atoms with Crippen LogP contribution in [0.5, 0.6) is 11.5 Å². The van der Waals surface area contributed by atoms with E-state index in [0.717, 1.165) is 33.8 Å². The molecule has 5 rings (SSSR count). The Balaban J connectivity index is 1.68. The third kappa shape index (κ3) is 4.81. The van der Waals surface area contributed by atoms with Crippen LogP contribution < -0.4 is 9.47 Å². The first-order valence-corrected chi connectivity index (χ1v) is 13.2. The first-order chi connectivity index (χ1) is 18.9. The van der Waals surface area contributed by atoms with E-state index >= 15 is 0 Å². The molecule has 2 N–H and O–H groups in total. The van der Waals surface area contributed by atoms with Crippen LogP contribution in [0.15, 0.2) is 84.9 Å². The molecule has 0 aromatic heterocycles. The van der Waals surface area contributed by atoms with Crippen molar-refractivity contribution in [3.05, 3.63) is 118 Å². The Kier molecular flexibility index (Phi) is 7.73. The summed E-state index contributed by atoms with van der Waals surface area (Å²) < 4.78 is 11.9. The van der Waals surface area contributed by atoms with Crippen molar-refractivity contribution in [3.8, 4) is 22.6 Å². The maximum Gasteiger partial charge on any atom is 0.124 e. The summed E-state index contributed by atoms with van der Waals surface area (Å²) in [5.74, 6) is 1.50. The van der Waals surface area contributed by atoms with Gasteiger partial charge in [0.2, 0.25) is 0 Å². The first kappa shape index (κ1) is 26.9. The van der Waals surface area contributed by atoms with E-state index in [-0.39, 0.29) is 13.2 Å². The number of ether oxygens (including phenoxy) is 2. The van der Waals surface area contributed by atoms with Crippen molar-refractivity contribution in [3.63, 3.8) is 0 Å². The van der Waals surface area contributed by atoms with Crippen LogP contribution in [0.2, 0.25) is 0 Å². The van der Waals surface area contributed by atoms with Crippen molar-refractivity contribution in [1.82, 2.24) is 0 Å². The van der Waals surface area contributed by atoms with E-state index < -0.39 is 17.6 Å². The Morgan fingerprint density at radius 2 is 1.03 bits per heavy atom. The zero-order valence-corrected chi connectivity index (χ0v) is 22.7. The molecule has 1 aliphatic rings. The largest absolute Gasteiger partial charge is 0.490 e. The van der Waals surface area contributed by atoms with Crippen molar-refractivity contribution >= 4 is 0 Å². The van der Waals surface area contributed by atoms with Gasteiger partial charge in [-0.05, 0) is 84.3 Å². The minimum atomic E-state index is -0.553. The van der Waals surface area contributed by atoms with Crippen molar-refractivity contribution in [1.29, 1.82) is 0 Å². The van der Waals surface area contributed by atoms with Crippen LogP contribution in [0.3, 0.4) is 0 Å². The number of fused-ring (bicyclic) bond motifs is 3. The van der Waals surface area contributed by atoms with Gasteiger partial charge >= 0.3 is 0 Å². The fourth-order valence-electron chi connectivity index (χ4n) is 5.59. The number of hydrogen-bond acceptors (Lipinski definition) is 6. The van der Waals surface area contributed by atoms with Gasteiger partial charge in [0.05, 0.1) is 5.41 Å². The van der Waals surface area contributed by atoms with Crippen LogP contribution in [0.1, 0.15) is 47.2 Å². The second-order valence-electron chi connectivity index (χ2n) is 10.3. The quantitative estimate of drug-likeness (QED) is 0.148. The van der Waals surface area contributed by atoms with Gasteiger partial charge in [0, 0.05) is 0 Å². The molecule has 0 amide bonds. The summed E-state index contributed by atoms with van der Waals surface area (Å²) in [6.45, 7) is 8.06. The van der Waals surface area contributed by atoms with Gasteiger partial charge in [0.1, 0.15) is 36.9 Å². The van der Waals surface area contributed by atoms with Crippen LogP contribution in [-0.2, 0) is 15.2 Å². The second-order valence-corrected chi connectivity index (χ2v) is 10.3. The fourth-order valence-corrected chi connectivity index (χ4v) is 5.59. The lowest BCUT2D eigenvalue weighted by atomic mass is 9.67. The number of benzene rings is 4. The number of rotatable bonds is 10. The molecule has 202 valence electrons. The molecule has 4 aromatic rings. The molecule has 39 heavy (non-hydrogen) atoms. The zero-order valence-electron chi connectivity index (χ0n) is 22.7. The average Bonchev–Trinajstić information content (AvgIpc) is 3.26. The Bertz CT molecular complexity index is 1350. The van der Waals surface area contributed by atoms with Crippen molar-refractivity contribution in [2.75, 3.05) is 13.2 Å². The van der Waals surface area contributed by atoms with Crippen molar-refractivity contribution < 1.29 is 29.8 Å². The molecule has 0 spiro atoms. The van der Waals surface area contributed by atoms with Gasteiger partial charge in [-0.25, -0.2) is 9.78 Å². The van der Waals surface area contributed by atoms with E-state index in [0.29, 0.717) is 0 Å². The fraction of sp³-hybridized carbons (Fsp3) is 0.273. The van der Waals surface area contributed by atoms with Crippen LogP contribution >= 0.6 is 0 Å². The molecular weight excluding hydrogens is 492 g/mol. The normalized spacial score (nSPS) is 14.8. The van der Waals surface area contributed by atoms with Crippen LogP contribution in [0.25, 0.3) is 11.1 Å². The predicted molar refractivity (Wildman–Crippen MR) is 151 cm³/mol. The van der Waals surface area contributed by atoms with E-state index in [2.05, 4.69) is 82.6 Å². The van der Waals surface area contributed by atoms with Crippen LogP contribution in [-0.4, -0.2) is 35.9 Å². The van der Waals surface area contributed by atoms with Crippen molar-refractivity contribution in [2.45, 2.75) is 45.3 Å². The molecule has 6 nitrogen and oxygen atoms in total. The lowest BCUT2D eigenvalue weighted by Gasteiger charge is -2.34. The molecule has 4 aromatic carbocycles. The molecular formula is C33H34O6. The summed E-state index contributed by atoms with van der Waals surface area (Å²) in [6, 6.07) is 29.8. The zero-order chi connectivity index (χ0) is 27.6. The highest BCUT2D eigenvalue weighted by Gasteiger charge is 2.46. The molecule has 6 heteroatoms. The summed E-state index contributed by atoms with van der Waals surface area (Å²) >= 11 is 0. The molecule has 0 heterocycles. The van der Waals surface area contributed by atoms with Crippen LogP contribution in [0.4, 0.5) is 0 Å². The molecule has 0 aliphatic heterocycles. The molecule has 2 unspecified atom stereocenters. The third-order valence-corrected chi connectivity index (χ3v) is 7.48. The van der Waals surface area contributed by atoms with Gasteiger partial charge in [-0.3, -0.25) is 10.5 Å². The molecule has 0 saturated heterocycles. The summed E-state index contributed by atoms with van der Waals surface area (Å²) in [6.07, 6.45) is -0.862. The summed E-state index contributed by atoms with van der Waals surface area (Å²) in [7, 11) is 0. The lowest BCUT2D eigenvalue weighted by Crippen LogP contribution is -2.29. The lowest BCUT2D eigenvalue weighted by molar-refractivity contribution is -0.278. The molecule has 2 atom stereocenters. The maximum atomic E-state index is 8.92. The van der Waals surface area contributed by atoms with Crippen LogP contribution in [0, 0.1) is 13.8 Å². The van der Waals surface area contributed by atoms with Gasteiger partial charge in [0.25, 0.3) is 0 Å². The molecule has 0 bridgehead atoms. The molecule has 1 aliphatic carbocycles. The van der Waals surface area contributed by atoms with E-state index in [1.165, 1.54) is 22.3 Å². The monoisotopic (exact) mass is 526 g/mol. The number of hydrogen-bond donors (Lipinski definition) is 2. The smallest absolute Gasteiger partial charge is 0.124 e. The minimum Gasteiger partial charge on any atom is -0.490 e. The third-order valence-electron chi connectivity index (χ3n) is 7.48. The average molecular weight is 527 g/mol. The SMILES string of the molecule is Cc1cc(C2(c3ccc(OCC(C)OO)c(C)c3)c3ccccc3-c3ccccc32)ccc1OCC(C)OO. The maximum absolute atomic E-state index is 8.92. The molecule has 0 fully saturated rings. The van der Waals surface area contributed by atoms with E-state index in [1.807, 2.05) is 26.0 Å². The van der Waals surface area contributed by atoms with Gasteiger partial charge in [-0.2, -0.15) is 0 Å². The summed E-state index contributed by atoms with van der Waals surface area (Å²) in [5.41, 5.74) is 8.57. The second kappa shape index (κ2) is 11.2. The van der Waals surface area contributed by atoms with Crippen molar-refractivity contribution in [2.24, 2.45) is 0 Å². The Labute approximate surface area is 229 Å².